The fourth-order valence-electron chi connectivity index (χ4n) is 3.62. The molecule has 5 N–H and O–H groups in total. The van der Waals surface area contributed by atoms with Crippen LogP contribution in [0.4, 0.5) is 13.2 Å². The Hall–Kier alpha value is -3.30. The van der Waals surface area contributed by atoms with Gasteiger partial charge < -0.3 is 16.8 Å². The molecule has 180 valence electrons. The number of carbonyl (C=O) groups is 2. The van der Waals surface area contributed by atoms with E-state index < -0.39 is 29.7 Å². The normalized spacial score (nSPS) is 13.5. The Balaban J connectivity index is 1.81. The minimum absolute atomic E-state index is 0.00537. The summed E-state index contributed by atoms with van der Waals surface area (Å²) in [5, 5.41) is 3.54. The van der Waals surface area contributed by atoms with Gasteiger partial charge in [0.1, 0.15) is 0 Å². The molecular weight excluding hydrogens is 445 g/mol. The number of carbonyl (C=O) groups excluding carboxylic acids is 2. The average Bonchev–Trinajstić information content (AvgIpc) is 2.78. The number of nitrogens with one attached hydrogen (secondary N) is 1. The molecule has 0 radical (unpaired) electrons. The molecule has 3 rings (SSSR count). The van der Waals surface area contributed by atoms with E-state index in [0.717, 1.165) is 28.6 Å². The van der Waals surface area contributed by atoms with Gasteiger partial charge >= 0.3 is 6.18 Å². The number of alkyl halides is 3. The number of benzene rings is 2. The standard InChI is InChI=1S/C25H27F3N4O2/c1-15-2-7-21-18(10-15)11-17(14-31-21)13-23(33)22(32-24(34)20(30)8-9-29)12-16-3-5-19(6-4-16)25(26,27)28/h2-7,10-11,14,20,22H,8-9,12-13,29-30H2,1H3,(H,32,34)/t20-,22+/m0/s1. The molecule has 0 aliphatic heterocycles. The lowest BCUT2D eigenvalue weighted by molar-refractivity contribution is -0.137. The number of hydrogen-bond acceptors (Lipinski definition) is 5. The van der Waals surface area contributed by atoms with Crippen molar-refractivity contribution in [1.82, 2.24) is 10.3 Å². The minimum atomic E-state index is -4.46. The second-order valence-electron chi connectivity index (χ2n) is 8.33. The van der Waals surface area contributed by atoms with Gasteiger partial charge in [0.25, 0.3) is 0 Å². The summed E-state index contributed by atoms with van der Waals surface area (Å²) in [6.45, 7) is 2.16. The number of rotatable bonds is 9. The SMILES string of the molecule is Cc1ccc2ncc(CC(=O)[C@@H](Cc3ccc(C(F)(F)F)cc3)NC(=O)[C@@H](N)CCN)cc2c1. The molecule has 9 heteroatoms. The maximum atomic E-state index is 13.2. The molecule has 2 aromatic carbocycles. The number of Topliss-reactive ketones (excluding diaryl/α,β-unsaturated/α-hetero) is 1. The third-order valence-electron chi connectivity index (χ3n) is 5.51. The summed E-state index contributed by atoms with van der Waals surface area (Å²) in [5.41, 5.74) is 13.5. The highest BCUT2D eigenvalue weighted by molar-refractivity contribution is 5.92. The molecule has 2 atom stereocenters. The number of nitrogens with two attached hydrogens (primary N) is 2. The van der Waals surface area contributed by atoms with E-state index in [9.17, 15) is 22.8 Å². The van der Waals surface area contributed by atoms with E-state index in [-0.39, 0.29) is 31.6 Å². The Labute approximate surface area is 195 Å². The fourth-order valence-corrected chi connectivity index (χ4v) is 3.62. The fraction of sp³-hybridized carbons (Fsp3) is 0.320. The first-order chi connectivity index (χ1) is 16.1. The van der Waals surface area contributed by atoms with Crippen molar-refractivity contribution in [3.63, 3.8) is 0 Å². The molecule has 0 saturated heterocycles. The molecule has 0 bridgehead atoms. The van der Waals surface area contributed by atoms with Crippen molar-refractivity contribution in [2.24, 2.45) is 11.5 Å². The number of aryl methyl sites for hydroxylation is 1. The van der Waals surface area contributed by atoms with Crippen LogP contribution in [0.25, 0.3) is 10.9 Å². The second-order valence-corrected chi connectivity index (χ2v) is 8.33. The van der Waals surface area contributed by atoms with Crippen LogP contribution < -0.4 is 16.8 Å². The van der Waals surface area contributed by atoms with Crippen molar-refractivity contribution in [2.45, 2.75) is 44.4 Å². The Morgan fingerprint density at radius 3 is 2.41 bits per heavy atom. The van der Waals surface area contributed by atoms with Crippen molar-refractivity contribution < 1.29 is 22.8 Å². The molecule has 0 spiro atoms. The molecule has 0 fully saturated rings. The van der Waals surface area contributed by atoms with E-state index in [1.807, 2.05) is 31.2 Å². The number of amides is 1. The minimum Gasteiger partial charge on any atom is -0.345 e. The summed E-state index contributed by atoms with van der Waals surface area (Å²) in [4.78, 5) is 30.0. The molecule has 0 saturated carbocycles. The molecule has 1 aromatic heterocycles. The Morgan fingerprint density at radius 2 is 1.76 bits per heavy atom. The van der Waals surface area contributed by atoms with Crippen LogP contribution in [-0.2, 0) is 28.6 Å². The molecule has 0 aliphatic carbocycles. The highest BCUT2D eigenvalue weighted by Crippen LogP contribution is 2.29. The van der Waals surface area contributed by atoms with Crippen molar-refractivity contribution in [1.29, 1.82) is 0 Å². The Kier molecular flexibility index (Phi) is 8.01. The molecule has 34 heavy (non-hydrogen) atoms. The highest BCUT2D eigenvalue weighted by atomic mass is 19.4. The zero-order valence-electron chi connectivity index (χ0n) is 18.7. The van der Waals surface area contributed by atoms with Crippen LogP contribution in [0.3, 0.4) is 0 Å². The lowest BCUT2D eigenvalue weighted by Gasteiger charge is -2.21. The zero-order chi connectivity index (χ0) is 24.9. The third kappa shape index (κ3) is 6.61. The molecule has 0 unspecified atom stereocenters. The molecule has 1 amide bonds. The Morgan fingerprint density at radius 1 is 1.06 bits per heavy atom. The number of aromatic nitrogens is 1. The maximum absolute atomic E-state index is 13.2. The summed E-state index contributed by atoms with van der Waals surface area (Å²) in [6.07, 6.45) is -2.60. The first-order valence-corrected chi connectivity index (χ1v) is 10.9. The maximum Gasteiger partial charge on any atom is 0.416 e. The molecule has 6 nitrogen and oxygen atoms in total. The van der Waals surface area contributed by atoms with E-state index in [2.05, 4.69) is 10.3 Å². The lowest BCUT2D eigenvalue weighted by atomic mass is 9.96. The van der Waals surface area contributed by atoms with Gasteiger partial charge in [0, 0.05) is 18.0 Å². The smallest absolute Gasteiger partial charge is 0.345 e. The van der Waals surface area contributed by atoms with Crippen LogP contribution in [0.5, 0.6) is 0 Å². The predicted octanol–water partition coefficient (Wildman–Crippen LogP) is 3.08. The van der Waals surface area contributed by atoms with Crippen LogP contribution in [0, 0.1) is 6.92 Å². The van der Waals surface area contributed by atoms with Crippen molar-refractivity contribution in [2.75, 3.05) is 6.54 Å². The van der Waals surface area contributed by atoms with Gasteiger partial charge in [0.05, 0.1) is 23.2 Å². The van der Waals surface area contributed by atoms with E-state index in [0.29, 0.717) is 11.1 Å². The van der Waals surface area contributed by atoms with Gasteiger partial charge in [-0.05, 0) is 67.8 Å². The van der Waals surface area contributed by atoms with Gasteiger partial charge in [0.15, 0.2) is 5.78 Å². The molecule has 3 aromatic rings. The van der Waals surface area contributed by atoms with Gasteiger partial charge in [-0.2, -0.15) is 13.2 Å². The summed E-state index contributed by atoms with van der Waals surface area (Å²) in [7, 11) is 0. The number of nitrogens with zero attached hydrogens (tertiary/aromatic N) is 1. The van der Waals surface area contributed by atoms with Crippen LogP contribution in [0.1, 0.15) is 28.7 Å². The van der Waals surface area contributed by atoms with Crippen LogP contribution in [0.15, 0.2) is 54.7 Å². The number of fused-ring (bicyclic) bond motifs is 1. The van der Waals surface area contributed by atoms with Gasteiger partial charge in [0.2, 0.25) is 5.91 Å². The van der Waals surface area contributed by atoms with E-state index in [1.165, 1.54) is 12.1 Å². The van der Waals surface area contributed by atoms with E-state index in [1.54, 1.807) is 6.20 Å². The van der Waals surface area contributed by atoms with Gasteiger partial charge in [-0.1, -0.05) is 23.8 Å². The number of halogens is 3. The summed E-state index contributed by atoms with van der Waals surface area (Å²) in [5.74, 6) is -0.843. The largest absolute Gasteiger partial charge is 0.416 e. The average molecular weight is 473 g/mol. The van der Waals surface area contributed by atoms with Crippen molar-refractivity contribution >= 4 is 22.6 Å². The first-order valence-electron chi connectivity index (χ1n) is 10.9. The first kappa shape index (κ1) is 25.3. The molecule has 0 aliphatic rings. The zero-order valence-corrected chi connectivity index (χ0v) is 18.7. The number of hydrogen-bond donors (Lipinski definition) is 3. The monoisotopic (exact) mass is 472 g/mol. The quantitative estimate of drug-likeness (QED) is 0.443. The van der Waals surface area contributed by atoms with Crippen LogP contribution >= 0.6 is 0 Å². The summed E-state index contributed by atoms with van der Waals surface area (Å²) >= 11 is 0. The predicted molar refractivity (Wildman–Crippen MR) is 124 cm³/mol. The third-order valence-corrected chi connectivity index (χ3v) is 5.51. The van der Waals surface area contributed by atoms with E-state index in [4.69, 9.17) is 11.5 Å². The second kappa shape index (κ2) is 10.8. The van der Waals surface area contributed by atoms with Crippen LogP contribution in [0.2, 0.25) is 0 Å². The number of pyridine rings is 1. The van der Waals surface area contributed by atoms with E-state index >= 15 is 0 Å². The van der Waals surface area contributed by atoms with Gasteiger partial charge in [-0.3, -0.25) is 14.6 Å². The Bertz CT molecular complexity index is 1160. The number of ketones is 1. The summed E-state index contributed by atoms with van der Waals surface area (Å²) < 4.78 is 38.6. The molecular formula is C25H27F3N4O2. The highest BCUT2D eigenvalue weighted by Gasteiger charge is 2.30. The molecule has 1 heterocycles. The van der Waals surface area contributed by atoms with Crippen LogP contribution in [-0.4, -0.2) is 35.3 Å². The van der Waals surface area contributed by atoms with Crippen molar-refractivity contribution in [3.05, 3.63) is 77.0 Å². The van der Waals surface area contributed by atoms with Gasteiger partial charge in [-0.15, -0.1) is 0 Å². The topological polar surface area (TPSA) is 111 Å². The van der Waals surface area contributed by atoms with Gasteiger partial charge in [-0.25, -0.2) is 0 Å². The summed E-state index contributed by atoms with van der Waals surface area (Å²) in [6, 6.07) is 10.3. The lowest BCUT2D eigenvalue weighted by Crippen LogP contribution is -2.50. The van der Waals surface area contributed by atoms with Crippen molar-refractivity contribution in [3.8, 4) is 0 Å².